The van der Waals surface area contributed by atoms with Crippen molar-refractivity contribution in [1.29, 1.82) is 5.26 Å². The highest BCUT2D eigenvalue weighted by atomic mass is 31.2. The minimum atomic E-state index is -2.41. The van der Waals surface area contributed by atoms with Gasteiger partial charge in [0.15, 0.2) is 8.32 Å². The zero-order chi connectivity index (χ0) is 39.0. The highest BCUT2D eigenvalue weighted by molar-refractivity contribution is 7.44. The summed E-state index contributed by atoms with van der Waals surface area (Å²) in [4.78, 5) is 0. The van der Waals surface area contributed by atoms with Crippen molar-refractivity contribution in [2.24, 2.45) is 0 Å². The second-order valence-corrected chi connectivity index (χ2v) is 21.6. The minimum absolute atomic E-state index is 0.105. The summed E-state index contributed by atoms with van der Waals surface area (Å²) in [6.07, 6.45) is -1.69. The predicted octanol–water partition coefficient (Wildman–Crippen LogP) is 8.96. The van der Waals surface area contributed by atoms with Gasteiger partial charge in [0.1, 0.15) is 37.2 Å². The van der Waals surface area contributed by atoms with Crippen LogP contribution in [0.15, 0.2) is 78.9 Å². The van der Waals surface area contributed by atoms with E-state index >= 15 is 0 Å². The summed E-state index contributed by atoms with van der Waals surface area (Å²) in [5.74, 6) is 1.46. The van der Waals surface area contributed by atoms with Crippen LogP contribution in [0.25, 0.3) is 0 Å². The van der Waals surface area contributed by atoms with Crippen molar-refractivity contribution in [2.75, 3.05) is 27.4 Å². The van der Waals surface area contributed by atoms with Gasteiger partial charge in [0.25, 0.3) is 8.53 Å². The third-order valence-corrected chi connectivity index (χ3v) is 16.6. The maximum atomic E-state index is 9.28. The van der Waals surface area contributed by atoms with Gasteiger partial charge >= 0.3 is 0 Å². The largest absolute Gasteiger partial charge is 0.497 e. The minimum Gasteiger partial charge on any atom is -0.497 e. The second kappa shape index (κ2) is 18.7. The van der Waals surface area contributed by atoms with E-state index in [1.54, 1.807) is 14.2 Å². The number of rotatable bonds is 18. The summed E-state index contributed by atoms with van der Waals surface area (Å²) >= 11 is 0. The van der Waals surface area contributed by atoms with Crippen molar-refractivity contribution >= 4 is 24.7 Å². The molecule has 12 heteroatoms. The molecule has 0 amide bonds. The van der Waals surface area contributed by atoms with Gasteiger partial charge in [-0.1, -0.05) is 75.4 Å². The molecule has 53 heavy (non-hydrogen) atoms. The van der Waals surface area contributed by atoms with E-state index in [9.17, 15) is 5.26 Å². The number of ether oxygens (including phenoxy) is 4. The first-order valence-corrected chi connectivity index (χ1v) is 22.5. The molecule has 286 valence electrons. The monoisotopic (exact) mass is 760 g/mol. The van der Waals surface area contributed by atoms with Crippen LogP contribution in [0.4, 0.5) is 0 Å². The molecule has 3 aromatic rings. The fourth-order valence-electron chi connectivity index (χ4n) is 6.37. The second-order valence-electron chi connectivity index (χ2n) is 15.4. The van der Waals surface area contributed by atoms with Crippen molar-refractivity contribution in [3.63, 3.8) is 0 Å². The first-order chi connectivity index (χ1) is 25.1. The van der Waals surface area contributed by atoms with Gasteiger partial charge in [-0.05, 0) is 86.8 Å². The Labute approximate surface area is 321 Å². The molecule has 1 saturated heterocycles. The van der Waals surface area contributed by atoms with Crippen LogP contribution in [0.5, 0.6) is 11.5 Å². The van der Waals surface area contributed by atoms with Gasteiger partial charge in [0.2, 0.25) is 0 Å². The van der Waals surface area contributed by atoms with Gasteiger partial charge < -0.3 is 32.4 Å². The van der Waals surface area contributed by atoms with Crippen molar-refractivity contribution in [1.82, 2.24) is 4.67 Å². The third-order valence-electron chi connectivity index (χ3n) is 10.1. The summed E-state index contributed by atoms with van der Waals surface area (Å²) in [5.41, 5.74) is 1.53. The van der Waals surface area contributed by atoms with Gasteiger partial charge in [-0.25, -0.2) is 4.67 Å². The van der Waals surface area contributed by atoms with E-state index in [1.807, 2.05) is 66.7 Å². The van der Waals surface area contributed by atoms with E-state index in [4.69, 9.17) is 40.3 Å². The molecule has 9 nitrogen and oxygen atoms in total. The molecule has 0 aromatic heterocycles. The molecule has 0 bridgehead atoms. The molecular formula is C41H58BN2O7PSi. The molecule has 0 spiro atoms. The summed E-state index contributed by atoms with van der Waals surface area (Å²) in [7, 11) is 6.26. The van der Waals surface area contributed by atoms with Gasteiger partial charge in [-0.2, -0.15) is 5.26 Å². The smallest absolute Gasteiger partial charge is 0.259 e. The highest BCUT2D eigenvalue weighted by Gasteiger charge is 2.53. The number of nitrogens with zero attached hydrogens (tertiary/aromatic N) is 2. The van der Waals surface area contributed by atoms with E-state index in [0.717, 1.165) is 28.2 Å². The lowest BCUT2D eigenvalue weighted by Crippen LogP contribution is -2.52. The number of benzene rings is 3. The molecular weight excluding hydrogens is 702 g/mol. The van der Waals surface area contributed by atoms with Crippen LogP contribution in [0.1, 0.15) is 71.6 Å². The van der Waals surface area contributed by atoms with E-state index in [0.29, 0.717) is 0 Å². The van der Waals surface area contributed by atoms with Gasteiger partial charge in [-0.15, -0.1) is 0 Å². The molecule has 0 aliphatic carbocycles. The number of nitriles is 1. The Hall–Kier alpha value is -2.78. The zero-order valence-electron chi connectivity index (χ0n) is 33.4. The van der Waals surface area contributed by atoms with Crippen LogP contribution >= 0.6 is 8.53 Å². The van der Waals surface area contributed by atoms with Crippen molar-refractivity contribution in [3.05, 3.63) is 95.6 Å². The normalized spacial score (nSPS) is 20.2. The van der Waals surface area contributed by atoms with Crippen LogP contribution in [0.2, 0.25) is 18.1 Å². The fourth-order valence-corrected chi connectivity index (χ4v) is 9.29. The molecule has 1 aliphatic rings. The molecule has 0 saturated carbocycles. The molecule has 1 heterocycles. The Morgan fingerprint density at radius 2 is 1.32 bits per heavy atom. The van der Waals surface area contributed by atoms with Crippen molar-refractivity contribution in [2.45, 2.75) is 115 Å². The average molecular weight is 761 g/mol. The molecule has 1 unspecified atom stereocenters. The van der Waals surface area contributed by atoms with Gasteiger partial charge in [0, 0.05) is 18.1 Å². The number of hydrogen-bond acceptors (Lipinski definition) is 9. The Balaban J connectivity index is 1.90. The molecule has 1 fully saturated rings. The Kier molecular flexibility index (Phi) is 15.2. The quantitative estimate of drug-likeness (QED) is 0.0546. The first kappa shape index (κ1) is 43.0. The molecule has 0 N–H and O–H groups in total. The Morgan fingerprint density at radius 1 is 0.811 bits per heavy atom. The van der Waals surface area contributed by atoms with Crippen LogP contribution in [-0.2, 0) is 28.5 Å². The lowest BCUT2D eigenvalue weighted by atomic mass is 9.79. The molecule has 4 rings (SSSR count). The maximum absolute atomic E-state index is 9.28. The average Bonchev–Trinajstić information content (AvgIpc) is 3.41. The number of hydrogen-bond donors (Lipinski definition) is 0. The molecule has 3 aromatic carbocycles. The SMILES string of the molecule is [B][C@@H]1O[C@H](COP(OCCC#N)N(C(C)C)C(C)C)[C@H](OC(c2ccccc2)(c2ccc(OC)cc2)c2ccc(OC)cc2)[C@@H]1O[Si](C)(C)C(C)(C)C. The molecule has 2 radical (unpaired) electrons. The van der Waals surface area contributed by atoms with E-state index < -0.39 is 46.8 Å². The zero-order valence-corrected chi connectivity index (χ0v) is 35.3. The predicted molar refractivity (Wildman–Crippen MR) is 215 cm³/mol. The first-order valence-electron chi connectivity index (χ1n) is 18.4. The van der Waals surface area contributed by atoms with Crippen molar-refractivity contribution in [3.8, 4) is 17.6 Å². The van der Waals surface area contributed by atoms with Gasteiger partial charge in [0.05, 0.1) is 46.0 Å². The standard InChI is InChI=1S/C41H58BN2O7PSi/c1-29(2)44(30(3)4)52(47-27-15-26-43)48-28-36-37(38(39(42)49-36)51-53(10,11)40(5,6)7)50-41(31-16-13-12-14-17-31,32-18-22-34(45-8)23-19-32)33-20-24-35(46-9)25-21-33/h12-14,16-25,29-30,36-39H,15,27-28H2,1-11H3/t36-,37+,38+,39-,52?/m1/s1. The summed E-state index contributed by atoms with van der Waals surface area (Å²) in [6.45, 7) is 19.9. The lowest BCUT2D eigenvalue weighted by molar-refractivity contribution is -0.109. The summed E-state index contributed by atoms with van der Waals surface area (Å²) in [6, 6.07) is 27.7. The van der Waals surface area contributed by atoms with Crippen LogP contribution in [-0.4, -0.2) is 84.7 Å². The number of methoxy groups -OCH3 is 2. The Morgan fingerprint density at radius 3 is 1.77 bits per heavy atom. The van der Waals surface area contributed by atoms with E-state index in [1.165, 1.54) is 0 Å². The van der Waals surface area contributed by atoms with E-state index in [2.05, 4.69) is 84.4 Å². The molecule has 1 aliphatic heterocycles. The van der Waals surface area contributed by atoms with Crippen LogP contribution in [0, 0.1) is 11.3 Å². The summed E-state index contributed by atoms with van der Waals surface area (Å²) < 4.78 is 47.8. The maximum Gasteiger partial charge on any atom is 0.259 e. The summed E-state index contributed by atoms with van der Waals surface area (Å²) in [5, 5.41) is 9.17. The molecule has 5 atom stereocenters. The lowest BCUT2D eigenvalue weighted by Gasteiger charge is -2.44. The van der Waals surface area contributed by atoms with Gasteiger partial charge in [-0.3, -0.25) is 0 Å². The topological polar surface area (TPSA) is 91.6 Å². The fraction of sp³-hybridized carbons (Fsp3) is 0.537. The van der Waals surface area contributed by atoms with Crippen LogP contribution in [0.3, 0.4) is 0 Å². The van der Waals surface area contributed by atoms with Crippen LogP contribution < -0.4 is 9.47 Å². The highest BCUT2D eigenvalue weighted by Crippen LogP contribution is 2.49. The van der Waals surface area contributed by atoms with E-state index in [-0.39, 0.29) is 36.8 Å². The van der Waals surface area contributed by atoms with Crippen molar-refractivity contribution < 1.29 is 32.4 Å². The third kappa shape index (κ3) is 10.1. The Bertz CT molecular complexity index is 1540.